The van der Waals surface area contributed by atoms with E-state index < -0.39 is 0 Å². The van der Waals surface area contributed by atoms with Gasteiger partial charge in [-0.05, 0) is 29.3 Å². The molecule has 1 heterocycles. The fourth-order valence-corrected chi connectivity index (χ4v) is 4.25. The van der Waals surface area contributed by atoms with Crippen molar-refractivity contribution >= 4 is 32.5 Å². The second kappa shape index (κ2) is 8.60. The van der Waals surface area contributed by atoms with E-state index in [0.29, 0.717) is 0 Å². The summed E-state index contributed by atoms with van der Waals surface area (Å²) in [5.74, 6) is 1.26. The number of fused-ring (bicyclic) bond motifs is 1. The molecule has 0 spiro atoms. The Morgan fingerprint density at radius 2 is 1.79 bits per heavy atom. The highest BCUT2D eigenvalue weighted by molar-refractivity contribution is 8.76. The highest BCUT2D eigenvalue weighted by Gasteiger charge is 2.00. The van der Waals surface area contributed by atoms with Gasteiger partial charge in [-0.15, -0.1) is 0 Å². The molecule has 0 aliphatic carbocycles. The molecule has 104 valence electrons. The lowest BCUT2D eigenvalue weighted by molar-refractivity contribution is 0.627. The Hall–Kier alpha value is -0.540. The summed E-state index contributed by atoms with van der Waals surface area (Å²) in [6.45, 7) is 2.27. The fourth-order valence-electron chi connectivity index (χ4n) is 2.14. The lowest BCUT2D eigenvalue weighted by Gasteiger charge is -2.00. The van der Waals surface area contributed by atoms with Crippen LogP contribution in [-0.2, 0) is 0 Å². The second-order valence-corrected chi connectivity index (χ2v) is 7.35. The van der Waals surface area contributed by atoms with Gasteiger partial charge in [-0.1, -0.05) is 68.0 Å². The third-order valence-electron chi connectivity index (χ3n) is 3.24. The maximum Gasteiger partial charge on any atom is 0.0840 e. The molecule has 0 fully saturated rings. The number of unbranched alkanes of at least 4 members (excludes halogenated alkanes) is 5. The number of aromatic nitrogens is 1. The highest BCUT2D eigenvalue weighted by atomic mass is 33.1. The second-order valence-electron chi connectivity index (χ2n) is 4.89. The summed E-state index contributed by atoms with van der Waals surface area (Å²) in [5.41, 5.74) is 1.24. The Bertz CT molecular complexity index is 445. The Morgan fingerprint density at radius 1 is 1.00 bits per heavy atom. The highest BCUT2D eigenvalue weighted by Crippen LogP contribution is 2.33. The minimum atomic E-state index is 1.24. The number of rotatable bonds is 9. The number of aromatic amines is 1. The fraction of sp³-hybridized carbons (Fsp3) is 0.500. The van der Waals surface area contributed by atoms with Crippen molar-refractivity contribution in [3.63, 3.8) is 0 Å². The molecule has 2 aromatic rings. The first-order valence-electron chi connectivity index (χ1n) is 7.27. The average molecular weight is 294 g/mol. The van der Waals surface area contributed by atoms with E-state index in [1.807, 2.05) is 21.6 Å². The van der Waals surface area contributed by atoms with Gasteiger partial charge in [0.2, 0.25) is 0 Å². The Labute approximate surface area is 124 Å². The van der Waals surface area contributed by atoms with Crippen LogP contribution in [0, 0.1) is 0 Å². The first-order chi connectivity index (χ1) is 9.40. The molecule has 0 saturated heterocycles. The molecule has 0 radical (unpaired) electrons. The number of hydrogen-bond donors (Lipinski definition) is 1. The van der Waals surface area contributed by atoms with Crippen LogP contribution in [0.4, 0.5) is 0 Å². The van der Waals surface area contributed by atoms with Gasteiger partial charge in [0, 0.05) is 16.7 Å². The molecule has 3 heteroatoms. The predicted octanol–water partition coefficient (Wildman–Crippen LogP) is 6.27. The van der Waals surface area contributed by atoms with Crippen molar-refractivity contribution in [2.75, 3.05) is 5.75 Å². The number of para-hydroxylation sites is 1. The van der Waals surface area contributed by atoms with E-state index in [0.717, 1.165) is 0 Å². The molecule has 2 rings (SSSR count). The molecule has 0 bridgehead atoms. The number of hydrogen-bond acceptors (Lipinski definition) is 2. The molecule has 0 amide bonds. The topological polar surface area (TPSA) is 15.8 Å². The summed E-state index contributed by atoms with van der Waals surface area (Å²) in [7, 11) is 3.85. The van der Waals surface area contributed by atoms with Gasteiger partial charge in [0.25, 0.3) is 0 Å². The number of H-pyrrole nitrogens is 1. The van der Waals surface area contributed by atoms with Gasteiger partial charge in [0.15, 0.2) is 0 Å². The predicted molar refractivity (Wildman–Crippen MR) is 90.0 cm³/mol. The van der Waals surface area contributed by atoms with Crippen LogP contribution in [0.25, 0.3) is 10.9 Å². The van der Waals surface area contributed by atoms with Gasteiger partial charge in [0.05, 0.1) is 5.03 Å². The molecule has 1 aromatic carbocycles. The molecule has 0 aliphatic heterocycles. The minimum Gasteiger partial charge on any atom is -0.349 e. The molecule has 1 N–H and O–H groups in total. The summed E-state index contributed by atoms with van der Waals surface area (Å²) < 4.78 is 0. The molecule has 0 aliphatic rings. The lowest BCUT2D eigenvalue weighted by atomic mass is 10.1. The number of benzene rings is 1. The van der Waals surface area contributed by atoms with Crippen LogP contribution in [-0.4, -0.2) is 10.7 Å². The molecule has 0 atom stereocenters. The number of nitrogens with one attached hydrogen (secondary N) is 1. The Balaban J connectivity index is 1.60. The van der Waals surface area contributed by atoms with Crippen molar-refractivity contribution in [2.24, 2.45) is 0 Å². The molecule has 19 heavy (non-hydrogen) atoms. The van der Waals surface area contributed by atoms with Gasteiger partial charge in [-0.25, -0.2) is 0 Å². The van der Waals surface area contributed by atoms with Crippen molar-refractivity contribution in [3.8, 4) is 0 Å². The largest absolute Gasteiger partial charge is 0.349 e. The van der Waals surface area contributed by atoms with Crippen molar-refractivity contribution < 1.29 is 0 Å². The van der Waals surface area contributed by atoms with E-state index in [1.165, 1.54) is 60.2 Å². The molecule has 0 unspecified atom stereocenters. The first-order valence-corrected chi connectivity index (χ1v) is 9.59. The maximum absolute atomic E-state index is 3.46. The van der Waals surface area contributed by atoms with Crippen LogP contribution in [0.1, 0.15) is 45.4 Å². The van der Waals surface area contributed by atoms with Crippen LogP contribution in [0.15, 0.2) is 35.4 Å². The van der Waals surface area contributed by atoms with Gasteiger partial charge in [0.1, 0.15) is 0 Å². The van der Waals surface area contributed by atoms with Gasteiger partial charge in [-0.3, -0.25) is 0 Å². The monoisotopic (exact) mass is 293 g/mol. The molecule has 1 aromatic heterocycles. The standard InChI is InChI=1S/C16H23NS2/c1-2-3-4-5-6-9-12-18-19-16-13-14-10-7-8-11-15(14)17-16/h7-8,10-11,13,17H,2-6,9,12H2,1H3. The molecule has 1 nitrogen and oxygen atoms in total. The van der Waals surface area contributed by atoms with Gasteiger partial charge >= 0.3 is 0 Å². The van der Waals surface area contributed by atoms with Crippen molar-refractivity contribution in [3.05, 3.63) is 30.3 Å². The third-order valence-corrected chi connectivity index (χ3v) is 5.60. The van der Waals surface area contributed by atoms with E-state index in [1.54, 1.807) is 0 Å². The van der Waals surface area contributed by atoms with Crippen molar-refractivity contribution in [1.82, 2.24) is 4.98 Å². The smallest absolute Gasteiger partial charge is 0.0840 e. The maximum atomic E-state index is 3.46. The summed E-state index contributed by atoms with van der Waals surface area (Å²) in [4.78, 5) is 3.46. The summed E-state index contributed by atoms with van der Waals surface area (Å²) in [6, 6.07) is 10.7. The normalized spacial score (nSPS) is 11.2. The van der Waals surface area contributed by atoms with E-state index in [2.05, 4.69) is 42.2 Å². The zero-order chi connectivity index (χ0) is 13.3. The molecule has 0 saturated carbocycles. The Kier molecular flexibility index (Phi) is 6.72. The van der Waals surface area contributed by atoms with Crippen molar-refractivity contribution in [1.29, 1.82) is 0 Å². The summed E-state index contributed by atoms with van der Waals surface area (Å²) in [6.07, 6.45) is 8.30. The quantitative estimate of drug-likeness (QED) is 0.433. The van der Waals surface area contributed by atoms with E-state index >= 15 is 0 Å². The van der Waals surface area contributed by atoms with E-state index in [-0.39, 0.29) is 0 Å². The van der Waals surface area contributed by atoms with E-state index in [9.17, 15) is 0 Å². The average Bonchev–Trinajstić information content (AvgIpc) is 2.84. The third kappa shape index (κ3) is 5.15. The van der Waals surface area contributed by atoms with Gasteiger partial charge < -0.3 is 4.98 Å². The molecular weight excluding hydrogens is 270 g/mol. The van der Waals surface area contributed by atoms with Crippen LogP contribution in [0.5, 0.6) is 0 Å². The summed E-state index contributed by atoms with van der Waals surface area (Å²) in [5, 5.41) is 2.59. The van der Waals surface area contributed by atoms with Crippen molar-refractivity contribution in [2.45, 2.75) is 50.5 Å². The van der Waals surface area contributed by atoms with Crippen LogP contribution in [0.3, 0.4) is 0 Å². The van der Waals surface area contributed by atoms with Crippen LogP contribution in [0.2, 0.25) is 0 Å². The molecular formula is C16H23NS2. The Morgan fingerprint density at radius 3 is 2.63 bits per heavy atom. The minimum absolute atomic E-state index is 1.24. The van der Waals surface area contributed by atoms with Crippen LogP contribution < -0.4 is 0 Å². The SMILES string of the molecule is CCCCCCCCSSc1cc2ccccc2[nH]1. The van der Waals surface area contributed by atoms with Gasteiger partial charge in [-0.2, -0.15) is 0 Å². The zero-order valence-electron chi connectivity index (χ0n) is 11.7. The first kappa shape index (κ1) is 14.9. The van der Waals surface area contributed by atoms with Crippen LogP contribution >= 0.6 is 21.6 Å². The van der Waals surface area contributed by atoms with E-state index in [4.69, 9.17) is 0 Å². The zero-order valence-corrected chi connectivity index (χ0v) is 13.3. The summed E-state index contributed by atoms with van der Waals surface area (Å²) >= 11 is 0. The lowest BCUT2D eigenvalue weighted by Crippen LogP contribution is -1.80.